The summed E-state index contributed by atoms with van der Waals surface area (Å²) in [4.78, 5) is 2.59. The SMILES string of the molecule is CC1CCC(CNC(C)C)(CN2CCC(C)C2CO)CC1. The van der Waals surface area contributed by atoms with E-state index in [9.17, 15) is 5.11 Å². The Morgan fingerprint density at radius 1 is 1.19 bits per heavy atom. The third-order valence-electron chi connectivity index (χ3n) is 5.94. The smallest absolute Gasteiger partial charge is 0.0589 e. The van der Waals surface area contributed by atoms with Crippen molar-refractivity contribution in [2.45, 2.75) is 71.9 Å². The molecule has 0 amide bonds. The summed E-state index contributed by atoms with van der Waals surface area (Å²) < 4.78 is 0. The Bertz CT molecular complexity index is 310. The lowest BCUT2D eigenvalue weighted by Crippen LogP contribution is -2.49. The summed E-state index contributed by atoms with van der Waals surface area (Å²) in [7, 11) is 0. The van der Waals surface area contributed by atoms with Crippen molar-refractivity contribution in [3.8, 4) is 0 Å². The molecule has 0 radical (unpaired) electrons. The zero-order valence-electron chi connectivity index (χ0n) is 14.6. The zero-order chi connectivity index (χ0) is 15.5. The molecule has 0 bridgehead atoms. The highest BCUT2D eigenvalue weighted by Gasteiger charge is 2.40. The van der Waals surface area contributed by atoms with Gasteiger partial charge in [0.2, 0.25) is 0 Å². The van der Waals surface area contributed by atoms with Crippen LogP contribution in [0.15, 0.2) is 0 Å². The Morgan fingerprint density at radius 3 is 2.43 bits per heavy atom. The van der Waals surface area contributed by atoms with E-state index < -0.39 is 0 Å². The van der Waals surface area contributed by atoms with Crippen molar-refractivity contribution < 1.29 is 5.11 Å². The van der Waals surface area contributed by atoms with Crippen molar-refractivity contribution in [3.05, 3.63) is 0 Å². The third kappa shape index (κ3) is 4.43. The maximum absolute atomic E-state index is 9.72. The molecule has 1 saturated carbocycles. The van der Waals surface area contributed by atoms with Crippen molar-refractivity contribution in [2.24, 2.45) is 17.3 Å². The fourth-order valence-corrected chi connectivity index (χ4v) is 4.20. The molecule has 0 spiro atoms. The molecule has 1 saturated heterocycles. The van der Waals surface area contributed by atoms with Crippen molar-refractivity contribution in [3.63, 3.8) is 0 Å². The van der Waals surface area contributed by atoms with Gasteiger partial charge in [-0.05, 0) is 43.1 Å². The first kappa shape index (κ1) is 17.2. The molecule has 3 nitrogen and oxygen atoms in total. The second-order valence-electron chi connectivity index (χ2n) is 8.20. The summed E-state index contributed by atoms with van der Waals surface area (Å²) >= 11 is 0. The van der Waals surface area contributed by atoms with Crippen LogP contribution in [0.3, 0.4) is 0 Å². The van der Waals surface area contributed by atoms with Gasteiger partial charge >= 0.3 is 0 Å². The summed E-state index contributed by atoms with van der Waals surface area (Å²) in [6.07, 6.45) is 6.67. The quantitative estimate of drug-likeness (QED) is 0.791. The second kappa shape index (κ2) is 7.43. The molecule has 0 aromatic heterocycles. The van der Waals surface area contributed by atoms with E-state index in [0.29, 0.717) is 30.0 Å². The van der Waals surface area contributed by atoms with Gasteiger partial charge in [0.15, 0.2) is 0 Å². The van der Waals surface area contributed by atoms with Crippen molar-refractivity contribution >= 4 is 0 Å². The van der Waals surface area contributed by atoms with Gasteiger partial charge in [0.05, 0.1) is 6.61 Å². The maximum Gasteiger partial charge on any atom is 0.0589 e. The Morgan fingerprint density at radius 2 is 1.86 bits per heavy atom. The molecule has 21 heavy (non-hydrogen) atoms. The minimum Gasteiger partial charge on any atom is -0.395 e. The average Bonchev–Trinajstić information content (AvgIpc) is 2.80. The predicted octanol–water partition coefficient (Wildman–Crippen LogP) is 2.88. The van der Waals surface area contributed by atoms with Gasteiger partial charge in [-0.25, -0.2) is 0 Å². The average molecular weight is 296 g/mol. The first-order chi connectivity index (χ1) is 9.96. The van der Waals surface area contributed by atoms with Crippen LogP contribution in [0.5, 0.6) is 0 Å². The molecule has 2 unspecified atom stereocenters. The molecule has 2 fully saturated rings. The predicted molar refractivity (Wildman–Crippen MR) is 89.4 cm³/mol. The van der Waals surface area contributed by atoms with Crippen molar-refractivity contribution in [1.82, 2.24) is 10.2 Å². The Kier molecular flexibility index (Phi) is 6.10. The molecule has 1 aliphatic carbocycles. The number of hydrogen-bond acceptors (Lipinski definition) is 3. The molecule has 1 heterocycles. The van der Waals surface area contributed by atoms with E-state index in [1.54, 1.807) is 0 Å². The Labute approximate surface area is 131 Å². The number of aliphatic hydroxyl groups excluding tert-OH is 1. The third-order valence-corrected chi connectivity index (χ3v) is 5.94. The maximum atomic E-state index is 9.72. The van der Waals surface area contributed by atoms with Gasteiger partial charge in [0.1, 0.15) is 0 Å². The lowest BCUT2D eigenvalue weighted by molar-refractivity contribution is 0.0549. The summed E-state index contributed by atoms with van der Waals surface area (Å²) in [6.45, 7) is 13.0. The Hall–Kier alpha value is -0.120. The van der Waals surface area contributed by atoms with Gasteiger partial charge in [-0.3, -0.25) is 4.90 Å². The number of likely N-dealkylation sites (tertiary alicyclic amines) is 1. The van der Waals surface area contributed by atoms with Crippen molar-refractivity contribution in [2.75, 3.05) is 26.2 Å². The molecular weight excluding hydrogens is 260 g/mol. The molecule has 2 N–H and O–H groups in total. The van der Waals surface area contributed by atoms with Gasteiger partial charge in [0.25, 0.3) is 0 Å². The van der Waals surface area contributed by atoms with Gasteiger partial charge in [-0.1, -0.05) is 40.5 Å². The second-order valence-corrected chi connectivity index (χ2v) is 8.20. The molecular formula is C18H36N2O. The van der Waals surface area contributed by atoms with Gasteiger partial charge < -0.3 is 10.4 Å². The highest BCUT2D eigenvalue weighted by atomic mass is 16.3. The van der Waals surface area contributed by atoms with Crippen LogP contribution in [0.2, 0.25) is 0 Å². The van der Waals surface area contributed by atoms with Crippen LogP contribution < -0.4 is 5.32 Å². The van der Waals surface area contributed by atoms with E-state index in [1.165, 1.54) is 45.2 Å². The molecule has 2 atom stereocenters. The van der Waals surface area contributed by atoms with E-state index in [4.69, 9.17) is 0 Å². The highest BCUT2D eigenvalue weighted by molar-refractivity contribution is 4.94. The van der Waals surface area contributed by atoms with Crippen LogP contribution >= 0.6 is 0 Å². The summed E-state index contributed by atoms with van der Waals surface area (Å²) in [5, 5.41) is 13.4. The molecule has 2 aliphatic rings. The van der Waals surface area contributed by atoms with Crippen LogP contribution in [0.4, 0.5) is 0 Å². The fourth-order valence-electron chi connectivity index (χ4n) is 4.20. The van der Waals surface area contributed by atoms with E-state index in [2.05, 4.69) is 37.9 Å². The van der Waals surface area contributed by atoms with Crippen LogP contribution in [-0.2, 0) is 0 Å². The largest absolute Gasteiger partial charge is 0.395 e. The number of aliphatic hydroxyl groups is 1. The minimum absolute atomic E-state index is 0.325. The van der Waals surface area contributed by atoms with Gasteiger partial charge in [0, 0.05) is 25.2 Å². The molecule has 124 valence electrons. The standard InChI is InChI=1S/C18H36N2O/c1-14(2)19-12-18(8-5-15(3)6-9-18)13-20-10-7-16(4)17(20)11-21/h14-17,19,21H,5-13H2,1-4H3. The monoisotopic (exact) mass is 296 g/mol. The topological polar surface area (TPSA) is 35.5 Å². The molecule has 2 rings (SSSR count). The molecule has 1 aliphatic heterocycles. The first-order valence-corrected chi connectivity index (χ1v) is 9.04. The number of rotatable bonds is 6. The Balaban J connectivity index is 2.01. The fraction of sp³-hybridized carbons (Fsp3) is 1.00. The minimum atomic E-state index is 0.325. The summed E-state index contributed by atoms with van der Waals surface area (Å²) in [6, 6.07) is 0.952. The first-order valence-electron chi connectivity index (χ1n) is 9.04. The summed E-state index contributed by atoms with van der Waals surface area (Å²) in [5.41, 5.74) is 0.425. The lowest BCUT2D eigenvalue weighted by atomic mass is 9.70. The van der Waals surface area contributed by atoms with E-state index in [-0.39, 0.29) is 0 Å². The van der Waals surface area contributed by atoms with E-state index >= 15 is 0 Å². The summed E-state index contributed by atoms with van der Waals surface area (Å²) in [5.74, 6) is 1.54. The van der Waals surface area contributed by atoms with E-state index in [0.717, 1.165) is 12.5 Å². The normalized spacial score (nSPS) is 38.3. The number of hydrogen-bond donors (Lipinski definition) is 2. The van der Waals surface area contributed by atoms with E-state index in [1.807, 2.05) is 0 Å². The van der Waals surface area contributed by atoms with Crippen LogP contribution in [-0.4, -0.2) is 48.3 Å². The van der Waals surface area contributed by atoms with Crippen molar-refractivity contribution in [1.29, 1.82) is 0 Å². The van der Waals surface area contributed by atoms with Crippen LogP contribution in [0.25, 0.3) is 0 Å². The number of nitrogens with one attached hydrogen (secondary N) is 1. The number of nitrogens with zero attached hydrogens (tertiary/aromatic N) is 1. The molecule has 0 aromatic rings. The molecule has 0 aromatic carbocycles. The lowest BCUT2D eigenvalue weighted by Gasteiger charge is -2.44. The molecule has 3 heteroatoms. The van der Waals surface area contributed by atoms with Crippen LogP contribution in [0.1, 0.15) is 59.8 Å². The highest BCUT2D eigenvalue weighted by Crippen LogP contribution is 2.41. The zero-order valence-corrected chi connectivity index (χ0v) is 14.6. The van der Waals surface area contributed by atoms with Gasteiger partial charge in [-0.2, -0.15) is 0 Å². The van der Waals surface area contributed by atoms with Gasteiger partial charge in [-0.15, -0.1) is 0 Å². The van der Waals surface area contributed by atoms with Crippen LogP contribution in [0, 0.1) is 17.3 Å².